The topological polar surface area (TPSA) is 79.5 Å². The highest BCUT2D eigenvalue weighted by atomic mass is 32.1. The molecule has 4 heterocycles. The fraction of sp³-hybridized carbons (Fsp3) is 0.190. The molecule has 0 radical (unpaired) electrons. The summed E-state index contributed by atoms with van der Waals surface area (Å²) in [6, 6.07) is 9.59. The molecule has 4 rings (SSSR count). The highest BCUT2D eigenvalue weighted by Crippen LogP contribution is 2.37. The Morgan fingerprint density at radius 3 is 2.69 bits per heavy atom. The smallest absolute Gasteiger partial charge is 0.347 e. The Morgan fingerprint density at radius 1 is 1.17 bits per heavy atom. The summed E-state index contributed by atoms with van der Waals surface area (Å²) in [5.41, 5.74) is 1.30. The van der Waals surface area contributed by atoms with Crippen molar-refractivity contribution in [2.75, 3.05) is 5.32 Å². The summed E-state index contributed by atoms with van der Waals surface area (Å²) in [6.07, 6.45) is 3.33. The number of thiophene rings is 1. The Morgan fingerprint density at radius 2 is 2.00 bits per heavy atom. The lowest BCUT2D eigenvalue weighted by Gasteiger charge is -2.22. The zero-order chi connectivity index (χ0) is 20.6. The van der Waals surface area contributed by atoms with Gasteiger partial charge < -0.3 is 10.4 Å². The van der Waals surface area contributed by atoms with Crippen molar-refractivity contribution >= 4 is 39.4 Å². The molecule has 0 unspecified atom stereocenters. The first kappa shape index (κ1) is 19.2. The molecular formula is C21H18N4O2S2. The van der Waals surface area contributed by atoms with Crippen molar-refractivity contribution in [3.63, 3.8) is 0 Å². The van der Waals surface area contributed by atoms with Crippen LogP contribution in [0.15, 0.2) is 42.7 Å². The van der Waals surface area contributed by atoms with Crippen LogP contribution in [-0.4, -0.2) is 31.0 Å². The van der Waals surface area contributed by atoms with Crippen LogP contribution in [0.4, 0.5) is 5.82 Å². The maximum absolute atomic E-state index is 11.3. The number of thiazole rings is 1. The summed E-state index contributed by atoms with van der Waals surface area (Å²) in [4.78, 5) is 23.0. The molecule has 8 heteroatoms. The molecule has 0 aliphatic rings. The average Bonchev–Trinajstić information content (AvgIpc) is 3.35. The maximum Gasteiger partial charge on any atom is 0.347 e. The number of hydrogen-bond donors (Lipinski definition) is 2. The summed E-state index contributed by atoms with van der Waals surface area (Å²) in [5.74, 6) is 6.04. The standard InChI is InChI=1S/C21H18N4O2S2/c1-21(2,3)24-18-17(23-20-25(18)12-16(29-20)19(26)27)15-10-9-14(28-15)8-7-13-6-4-5-11-22-13/h4-6,9-12,24H,1-3H3,(H,26,27). The highest BCUT2D eigenvalue weighted by molar-refractivity contribution is 7.19. The minimum atomic E-state index is -0.952. The fourth-order valence-electron chi connectivity index (χ4n) is 2.69. The van der Waals surface area contributed by atoms with Crippen LogP contribution in [-0.2, 0) is 0 Å². The predicted octanol–water partition coefficient (Wildman–Crippen LogP) is 4.83. The van der Waals surface area contributed by atoms with E-state index in [9.17, 15) is 9.90 Å². The van der Waals surface area contributed by atoms with E-state index >= 15 is 0 Å². The Kier molecular flexibility index (Phi) is 4.86. The van der Waals surface area contributed by atoms with Crippen LogP contribution in [0.2, 0.25) is 0 Å². The molecule has 0 bridgehead atoms. The number of carboxylic acid groups (broad SMARTS) is 1. The molecule has 2 N–H and O–H groups in total. The monoisotopic (exact) mass is 422 g/mol. The number of anilines is 1. The van der Waals surface area contributed by atoms with Gasteiger partial charge in [0, 0.05) is 17.9 Å². The third-order valence-corrected chi connectivity index (χ3v) is 5.83. The molecule has 4 aromatic heterocycles. The third kappa shape index (κ3) is 4.16. The summed E-state index contributed by atoms with van der Waals surface area (Å²) in [5, 5.41) is 12.8. The zero-order valence-corrected chi connectivity index (χ0v) is 17.7. The summed E-state index contributed by atoms with van der Waals surface area (Å²) < 4.78 is 1.81. The van der Waals surface area contributed by atoms with Crippen molar-refractivity contribution in [2.24, 2.45) is 0 Å². The number of nitrogens with zero attached hydrogens (tertiary/aromatic N) is 3. The fourth-order valence-corrected chi connectivity index (χ4v) is 4.36. The maximum atomic E-state index is 11.3. The first-order chi connectivity index (χ1) is 13.8. The van der Waals surface area contributed by atoms with E-state index < -0.39 is 5.97 Å². The van der Waals surface area contributed by atoms with Crippen LogP contribution in [0.5, 0.6) is 0 Å². The van der Waals surface area contributed by atoms with Gasteiger partial charge in [-0.2, -0.15) is 0 Å². The number of fused-ring (bicyclic) bond motifs is 1. The van der Waals surface area contributed by atoms with Crippen molar-refractivity contribution in [1.29, 1.82) is 0 Å². The normalized spacial score (nSPS) is 11.3. The lowest BCUT2D eigenvalue weighted by Crippen LogP contribution is -2.27. The van der Waals surface area contributed by atoms with Crippen LogP contribution in [0.1, 0.15) is 41.0 Å². The van der Waals surface area contributed by atoms with Crippen LogP contribution in [0, 0.1) is 11.8 Å². The Hall–Kier alpha value is -3.15. The molecule has 0 spiro atoms. The Bertz CT molecular complexity index is 1250. The Balaban J connectivity index is 1.75. The molecule has 6 nitrogen and oxygen atoms in total. The lowest BCUT2D eigenvalue weighted by molar-refractivity contribution is 0.0702. The van der Waals surface area contributed by atoms with E-state index in [1.807, 2.05) is 34.7 Å². The van der Waals surface area contributed by atoms with Crippen molar-refractivity contribution in [3.8, 4) is 22.4 Å². The Labute approximate surface area is 175 Å². The van der Waals surface area contributed by atoms with Crippen LogP contribution in [0.3, 0.4) is 0 Å². The van der Waals surface area contributed by atoms with E-state index in [-0.39, 0.29) is 10.4 Å². The summed E-state index contributed by atoms with van der Waals surface area (Å²) in [6.45, 7) is 6.16. The van der Waals surface area contributed by atoms with Gasteiger partial charge in [-0.3, -0.25) is 4.40 Å². The molecule has 0 amide bonds. The second-order valence-electron chi connectivity index (χ2n) is 7.37. The second-order valence-corrected chi connectivity index (χ2v) is 9.46. The zero-order valence-electron chi connectivity index (χ0n) is 16.1. The number of imidazole rings is 1. The first-order valence-corrected chi connectivity index (χ1v) is 10.5. The average molecular weight is 423 g/mol. The molecule has 0 fully saturated rings. The molecule has 0 aliphatic carbocycles. The predicted molar refractivity (Wildman–Crippen MR) is 117 cm³/mol. The van der Waals surface area contributed by atoms with Gasteiger partial charge in [0.1, 0.15) is 22.1 Å². The molecule has 0 aliphatic heterocycles. The minimum Gasteiger partial charge on any atom is -0.477 e. The lowest BCUT2D eigenvalue weighted by atomic mass is 10.1. The van der Waals surface area contributed by atoms with Gasteiger partial charge in [0.05, 0.1) is 9.75 Å². The van der Waals surface area contributed by atoms with Gasteiger partial charge >= 0.3 is 5.97 Å². The van der Waals surface area contributed by atoms with Crippen molar-refractivity contribution in [1.82, 2.24) is 14.4 Å². The molecule has 146 valence electrons. The number of carboxylic acids is 1. The van der Waals surface area contributed by atoms with Crippen LogP contribution in [0.25, 0.3) is 15.5 Å². The molecule has 0 saturated heterocycles. The van der Waals surface area contributed by atoms with Crippen molar-refractivity contribution < 1.29 is 9.90 Å². The minimum absolute atomic E-state index is 0.213. The largest absolute Gasteiger partial charge is 0.477 e. The number of carbonyl (C=O) groups is 1. The van der Waals surface area contributed by atoms with Gasteiger partial charge in [0.25, 0.3) is 0 Å². The van der Waals surface area contributed by atoms with E-state index in [4.69, 9.17) is 4.98 Å². The number of pyridine rings is 1. The van der Waals surface area contributed by atoms with E-state index in [0.717, 1.165) is 38.3 Å². The molecule has 0 atom stereocenters. The van der Waals surface area contributed by atoms with Gasteiger partial charge in [-0.05, 0) is 56.9 Å². The number of rotatable bonds is 3. The SMILES string of the molecule is CC(C)(C)Nc1c(-c2ccc(C#Cc3ccccn3)s2)nc2sc(C(=O)O)cn12. The quantitative estimate of drug-likeness (QED) is 0.463. The van der Waals surface area contributed by atoms with Crippen molar-refractivity contribution in [3.05, 3.63) is 58.2 Å². The number of aromatic nitrogens is 3. The molecular weight excluding hydrogens is 404 g/mol. The molecule has 0 saturated carbocycles. The van der Waals surface area contributed by atoms with E-state index in [2.05, 4.69) is 42.9 Å². The van der Waals surface area contributed by atoms with E-state index in [1.54, 1.807) is 23.7 Å². The van der Waals surface area contributed by atoms with E-state index in [1.165, 1.54) is 0 Å². The van der Waals surface area contributed by atoms with Gasteiger partial charge in [-0.25, -0.2) is 14.8 Å². The molecule has 29 heavy (non-hydrogen) atoms. The third-order valence-electron chi connectivity index (χ3n) is 3.85. The highest BCUT2D eigenvalue weighted by Gasteiger charge is 2.23. The molecule has 0 aromatic carbocycles. The van der Waals surface area contributed by atoms with Gasteiger partial charge in [-0.15, -0.1) is 11.3 Å². The first-order valence-electron chi connectivity index (χ1n) is 8.87. The summed E-state index contributed by atoms with van der Waals surface area (Å²) >= 11 is 2.70. The van der Waals surface area contributed by atoms with Gasteiger partial charge in [0.15, 0.2) is 4.96 Å². The van der Waals surface area contributed by atoms with Crippen LogP contribution < -0.4 is 5.32 Å². The van der Waals surface area contributed by atoms with Crippen molar-refractivity contribution in [2.45, 2.75) is 26.3 Å². The molecule has 4 aromatic rings. The number of nitrogens with one attached hydrogen (secondary N) is 1. The van der Waals surface area contributed by atoms with Crippen LogP contribution >= 0.6 is 22.7 Å². The summed E-state index contributed by atoms with van der Waals surface area (Å²) in [7, 11) is 0. The second kappa shape index (κ2) is 7.35. The van der Waals surface area contributed by atoms with Gasteiger partial charge in [-0.1, -0.05) is 17.4 Å². The number of aromatic carboxylic acids is 1. The van der Waals surface area contributed by atoms with E-state index in [0.29, 0.717) is 4.96 Å². The van der Waals surface area contributed by atoms with Gasteiger partial charge in [0.2, 0.25) is 0 Å². The number of hydrogen-bond acceptors (Lipinski definition) is 6.